The summed E-state index contributed by atoms with van der Waals surface area (Å²) in [7, 11) is 4.74. The van der Waals surface area contributed by atoms with Crippen LogP contribution in [0.2, 0.25) is 0 Å². The Morgan fingerprint density at radius 1 is 1.00 bits per heavy atom. The summed E-state index contributed by atoms with van der Waals surface area (Å²) in [6, 6.07) is 8.54. The summed E-state index contributed by atoms with van der Waals surface area (Å²) in [5.41, 5.74) is 0.751. The number of nitrogens with zero attached hydrogens (tertiary/aromatic N) is 1. The van der Waals surface area contributed by atoms with Gasteiger partial charge in [0.25, 0.3) is 0 Å². The lowest BCUT2D eigenvalue weighted by Crippen LogP contribution is -2.33. The predicted molar refractivity (Wildman–Crippen MR) is 112 cm³/mol. The van der Waals surface area contributed by atoms with E-state index in [-0.39, 0.29) is 36.3 Å². The Morgan fingerprint density at radius 3 is 2.33 bits per heavy atom. The number of aliphatic imine (C=N–C) groups is 1. The summed E-state index contributed by atoms with van der Waals surface area (Å²) in [5, 5.41) is 6.13. The van der Waals surface area contributed by atoms with Crippen LogP contribution in [0.15, 0.2) is 41.4 Å². The van der Waals surface area contributed by atoms with Crippen molar-refractivity contribution in [2.45, 2.75) is 0 Å². The molecule has 0 aliphatic carbocycles. The van der Waals surface area contributed by atoms with E-state index in [2.05, 4.69) is 15.6 Å². The summed E-state index contributed by atoms with van der Waals surface area (Å²) in [4.78, 5) is 4.10. The average Bonchev–Trinajstić information content (AvgIpc) is 2.65. The molecule has 0 spiro atoms. The van der Waals surface area contributed by atoms with Crippen LogP contribution >= 0.6 is 24.0 Å². The van der Waals surface area contributed by atoms with Gasteiger partial charge in [0.15, 0.2) is 29.0 Å². The van der Waals surface area contributed by atoms with Crippen molar-refractivity contribution < 1.29 is 23.0 Å². The molecule has 0 heterocycles. The molecular formula is C18H22F2IN3O3. The molecule has 0 unspecified atom stereocenters. The van der Waals surface area contributed by atoms with Gasteiger partial charge in [0, 0.05) is 24.9 Å². The predicted octanol–water partition coefficient (Wildman–Crippen LogP) is 3.67. The highest BCUT2D eigenvalue weighted by molar-refractivity contribution is 14.0. The van der Waals surface area contributed by atoms with Crippen LogP contribution < -0.4 is 24.8 Å². The van der Waals surface area contributed by atoms with Crippen molar-refractivity contribution in [1.82, 2.24) is 5.32 Å². The van der Waals surface area contributed by atoms with Crippen LogP contribution in [0.5, 0.6) is 17.2 Å². The third kappa shape index (κ3) is 6.74. The zero-order valence-corrected chi connectivity index (χ0v) is 17.5. The van der Waals surface area contributed by atoms with Crippen LogP contribution in [0.4, 0.5) is 14.5 Å². The van der Waals surface area contributed by atoms with E-state index in [4.69, 9.17) is 14.2 Å². The first kappa shape index (κ1) is 22.7. The monoisotopic (exact) mass is 493 g/mol. The van der Waals surface area contributed by atoms with Crippen molar-refractivity contribution in [2.75, 3.05) is 39.7 Å². The molecule has 0 aromatic heterocycles. The van der Waals surface area contributed by atoms with Crippen molar-refractivity contribution in [3.05, 3.63) is 48.0 Å². The second-order valence-electron chi connectivity index (χ2n) is 5.12. The van der Waals surface area contributed by atoms with Crippen LogP contribution in [0.25, 0.3) is 0 Å². The normalized spacial score (nSPS) is 10.6. The first-order valence-corrected chi connectivity index (χ1v) is 7.85. The van der Waals surface area contributed by atoms with Gasteiger partial charge in [-0.3, -0.25) is 4.99 Å². The first-order chi connectivity index (χ1) is 12.6. The molecule has 27 heavy (non-hydrogen) atoms. The number of ether oxygens (including phenoxy) is 3. The smallest absolute Gasteiger partial charge is 0.195 e. The highest BCUT2D eigenvalue weighted by Gasteiger charge is 2.07. The van der Waals surface area contributed by atoms with Crippen molar-refractivity contribution in [3.8, 4) is 17.2 Å². The molecule has 148 valence electrons. The zero-order valence-electron chi connectivity index (χ0n) is 15.2. The minimum Gasteiger partial charge on any atom is -0.493 e. The Morgan fingerprint density at radius 2 is 1.70 bits per heavy atom. The summed E-state index contributed by atoms with van der Waals surface area (Å²) in [6.45, 7) is 0.541. The fraction of sp³-hybridized carbons (Fsp3) is 0.278. The molecule has 0 bridgehead atoms. The van der Waals surface area contributed by atoms with Crippen LogP contribution in [-0.4, -0.2) is 40.4 Å². The standard InChI is InChI=1S/C18H21F2N3O3.HI/c1-21-18(23-13-5-7-16(24-2)17(11-13)25-3)22-8-9-26-15-6-4-12(19)10-14(15)20;/h4-7,10-11H,8-9H2,1-3H3,(H2,21,22,23);1H. The van der Waals surface area contributed by atoms with E-state index >= 15 is 0 Å². The van der Waals surface area contributed by atoms with Crippen molar-refractivity contribution in [2.24, 2.45) is 4.99 Å². The van der Waals surface area contributed by atoms with E-state index in [0.717, 1.165) is 17.8 Å². The third-order valence-electron chi connectivity index (χ3n) is 3.42. The molecule has 0 amide bonds. The van der Waals surface area contributed by atoms with Crippen LogP contribution in [0.3, 0.4) is 0 Å². The van der Waals surface area contributed by atoms with E-state index in [0.29, 0.717) is 24.0 Å². The van der Waals surface area contributed by atoms with Crippen molar-refractivity contribution >= 4 is 35.6 Å². The van der Waals surface area contributed by atoms with Gasteiger partial charge in [0.2, 0.25) is 0 Å². The Kier molecular flexibility index (Phi) is 9.62. The van der Waals surface area contributed by atoms with Gasteiger partial charge in [-0.05, 0) is 24.3 Å². The molecule has 0 aliphatic heterocycles. The minimum atomic E-state index is -0.738. The molecule has 2 aromatic rings. The first-order valence-electron chi connectivity index (χ1n) is 7.85. The van der Waals surface area contributed by atoms with Crippen LogP contribution in [0, 0.1) is 11.6 Å². The van der Waals surface area contributed by atoms with Gasteiger partial charge in [-0.1, -0.05) is 0 Å². The fourth-order valence-electron chi connectivity index (χ4n) is 2.15. The van der Waals surface area contributed by atoms with Gasteiger partial charge < -0.3 is 24.8 Å². The Labute approximate surface area is 173 Å². The summed E-state index contributed by atoms with van der Waals surface area (Å²) < 4.78 is 42.1. The second kappa shape index (κ2) is 11.4. The van der Waals surface area contributed by atoms with Gasteiger partial charge in [0.1, 0.15) is 12.4 Å². The number of methoxy groups -OCH3 is 2. The number of rotatable bonds is 7. The summed E-state index contributed by atoms with van der Waals surface area (Å²) >= 11 is 0. The molecule has 0 aliphatic rings. The van der Waals surface area contributed by atoms with E-state index in [1.807, 2.05) is 6.07 Å². The number of anilines is 1. The fourth-order valence-corrected chi connectivity index (χ4v) is 2.15. The van der Waals surface area contributed by atoms with Gasteiger partial charge >= 0.3 is 0 Å². The van der Waals surface area contributed by atoms with E-state index in [1.165, 1.54) is 6.07 Å². The number of hydrogen-bond acceptors (Lipinski definition) is 4. The Hall–Kier alpha value is -2.30. The summed E-state index contributed by atoms with van der Waals surface area (Å²) in [6.07, 6.45) is 0. The Bertz CT molecular complexity index is 776. The molecule has 2 rings (SSSR count). The second-order valence-corrected chi connectivity index (χ2v) is 5.12. The molecule has 0 saturated carbocycles. The van der Waals surface area contributed by atoms with Crippen molar-refractivity contribution in [3.63, 3.8) is 0 Å². The molecular weight excluding hydrogens is 471 g/mol. The zero-order chi connectivity index (χ0) is 18.9. The third-order valence-corrected chi connectivity index (χ3v) is 3.42. The number of benzene rings is 2. The quantitative estimate of drug-likeness (QED) is 0.267. The largest absolute Gasteiger partial charge is 0.493 e. The molecule has 0 atom stereocenters. The average molecular weight is 493 g/mol. The van der Waals surface area contributed by atoms with Gasteiger partial charge in [-0.15, -0.1) is 24.0 Å². The molecule has 9 heteroatoms. The molecule has 2 aromatic carbocycles. The maximum absolute atomic E-state index is 13.5. The van der Waals surface area contributed by atoms with Crippen molar-refractivity contribution in [1.29, 1.82) is 0 Å². The van der Waals surface area contributed by atoms with Gasteiger partial charge in [-0.25, -0.2) is 8.78 Å². The van der Waals surface area contributed by atoms with E-state index < -0.39 is 11.6 Å². The maximum Gasteiger partial charge on any atom is 0.195 e. The highest BCUT2D eigenvalue weighted by atomic mass is 127. The van der Waals surface area contributed by atoms with E-state index in [1.54, 1.807) is 33.4 Å². The van der Waals surface area contributed by atoms with E-state index in [9.17, 15) is 8.78 Å². The molecule has 0 fully saturated rings. The SMILES string of the molecule is CN=C(NCCOc1ccc(F)cc1F)Nc1ccc(OC)c(OC)c1.I. The van der Waals surface area contributed by atoms with Gasteiger partial charge in [-0.2, -0.15) is 0 Å². The lowest BCUT2D eigenvalue weighted by atomic mass is 10.3. The molecule has 0 saturated heterocycles. The number of nitrogens with one attached hydrogen (secondary N) is 2. The number of guanidine groups is 1. The lowest BCUT2D eigenvalue weighted by Gasteiger charge is -2.14. The summed E-state index contributed by atoms with van der Waals surface area (Å²) in [5.74, 6) is 0.320. The molecule has 6 nitrogen and oxygen atoms in total. The van der Waals surface area contributed by atoms with Crippen LogP contribution in [0.1, 0.15) is 0 Å². The number of hydrogen-bond donors (Lipinski definition) is 2. The minimum absolute atomic E-state index is 0. The van der Waals surface area contributed by atoms with Crippen LogP contribution in [-0.2, 0) is 0 Å². The topological polar surface area (TPSA) is 64.1 Å². The number of halogens is 3. The molecule has 0 radical (unpaired) electrons. The highest BCUT2D eigenvalue weighted by Crippen LogP contribution is 2.29. The van der Waals surface area contributed by atoms with Gasteiger partial charge in [0.05, 0.1) is 20.8 Å². The Balaban J connectivity index is 0.00000364. The maximum atomic E-state index is 13.5. The lowest BCUT2D eigenvalue weighted by molar-refractivity contribution is 0.305. The molecule has 2 N–H and O–H groups in total.